The molecule has 0 saturated heterocycles. The van der Waals surface area contributed by atoms with Crippen molar-refractivity contribution in [3.8, 4) is 5.75 Å². The van der Waals surface area contributed by atoms with Crippen LogP contribution < -0.4 is 4.43 Å². The van der Waals surface area contributed by atoms with Gasteiger partial charge in [0.2, 0.25) is 0 Å². The fourth-order valence-electron chi connectivity index (χ4n) is 1.36. The minimum Gasteiger partial charge on any atom is -0.542 e. The van der Waals surface area contributed by atoms with Gasteiger partial charge < -0.3 is 9.53 Å². The first kappa shape index (κ1) is 15.7. The van der Waals surface area contributed by atoms with E-state index in [1.54, 1.807) is 12.1 Å². The van der Waals surface area contributed by atoms with Crippen LogP contribution in [0.4, 0.5) is 4.39 Å². The van der Waals surface area contributed by atoms with Gasteiger partial charge in [-0.2, -0.15) is 0 Å². The van der Waals surface area contributed by atoms with Crippen LogP contribution in [0.2, 0.25) is 18.1 Å². The monoisotopic (exact) mass is 284 g/mol. The Morgan fingerprint density at radius 3 is 2.42 bits per heavy atom. The van der Waals surface area contributed by atoms with Crippen molar-refractivity contribution in [3.05, 3.63) is 29.6 Å². The molecule has 0 bridgehead atoms. The third-order valence-corrected chi connectivity index (χ3v) is 7.90. The molecule has 0 heterocycles. The fourth-order valence-corrected chi connectivity index (χ4v) is 2.38. The maximum atomic E-state index is 14.2. The molecule has 1 rings (SSSR count). The number of carboxylic acids is 1. The van der Waals surface area contributed by atoms with Crippen molar-refractivity contribution in [1.82, 2.24) is 0 Å². The summed E-state index contributed by atoms with van der Waals surface area (Å²) in [4.78, 5) is 10.7. The number of aliphatic carboxylic acids is 1. The number of rotatable bonds is 4. The van der Waals surface area contributed by atoms with Crippen molar-refractivity contribution in [3.63, 3.8) is 0 Å². The molecule has 0 unspecified atom stereocenters. The van der Waals surface area contributed by atoms with Crippen LogP contribution in [0.25, 0.3) is 0 Å². The van der Waals surface area contributed by atoms with Crippen LogP contribution in [0.1, 0.15) is 26.3 Å². The Bertz CT molecular complexity index is 478. The normalized spacial score (nSPS) is 12.3. The summed E-state index contributed by atoms with van der Waals surface area (Å²) in [5.74, 6) is -1.46. The SMILES string of the molecule is CC(C)(C)[Si](C)(C)Oc1cccc(CC(=O)O)c1F. The Hall–Kier alpha value is -1.36. The molecule has 0 aliphatic rings. The predicted molar refractivity (Wildman–Crippen MR) is 75.6 cm³/mol. The Labute approximate surface area is 114 Å². The minimum atomic E-state index is -2.13. The zero-order valence-corrected chi connectivity index (χ0v) is 13.1. The summed E-state index contributed by atoms with van der Waals surface area (Å²) in [6.45, 7) is 10.3. The molecular formula is C14H21FO3Si. The van der Waals surface area contributed by atoms with Crippen LogP contribution in [0, 0.1) is 5.82 Å². The predicted octanol–water partition coefficient (Wildman–Crippen LogP) is 3.84. The molecule has 5 heteroatoms. The molecule has 0 radical (unpaired) electrons. The first-order chi connectivity index (χ1) is 8.54. The van der Waals surface area contributed by atoms with Crippen molar-refractivity contribution in [2.75, 3.05) is 0 Å². The smallest absolute Gasteiger partial charge is 0.307 e. The second kappa shape index (κ2) is 5.33. The lowest BCUT2D eigenvalue weighted by Gasteiger charge is -2.36. The summed E-state index contributed by atoms with van der Waals surface area (Å²) in [7, 11) is -2.13. The summed E-state index contributed by atoms with van der Waals surface area (Å²) in [6, 6.07) is 4.66. The quantitative estimate of drug-likeness (QED) is 0.855. The van der Waals surface area contributed by atoms with Gasteiger partial charge in [-0.1, -0.05) is 32.9 Å². The van der Waals surface area contributed by atoms with Crippen LogP contribution in [-0.4, -0.2) is 19.4 Å². The van der Waals surface area contributed by atoms with Crippen molar-refractivity contribution < 1.29 is 18.7 Å². The van der Waals surface area contributed by atoms with E-state index in [9.17, 15) is 9.18 Å². The Morgan fingerprint density at radius 2 is 1.95 bits per heavy atom. The van der Waals surface area contributed by atoms with E-state index >= 15 is 0 Å². The van der Waals surface area contributed by atoms with E-state index in [4.69, 9.17) is 9.53 Å². The molecule has 3 nitrogen and oxygen atoms in total. The molecule has 0 atom stereocenters. The molecule has 0 amide bonds. The Balaban J connectivity index is 3.06. The molecule has 106 valence electrons. The Kier molecular flexibility index (Phi) is 4.40. The second-order valence-electron chi connectivity index (χ2n) is 6.16. The van der Waals surface area contributed by atoms with Gasteiger partial charge in [-0.25, -0.2) is 4.39 Å². The van der Waals surface area contributed by atoms with Gasteiger partial charge in [0.15, 0.2) is 5.82 Å². The molecule has 1 aromatic rings. The topological polar surface area (TPSA) is 46.5 Å². The molecule has 0 aromatic heterocycles. The van der Waals surface area contributed by atoms with Crippen LogP contribution >= 0.6 is 0 Å². The van der Waals surface area contributed by atoms with Gasteiger partial charge in [0, 0.05) is 5.56 Å². The number of benzene rings is 1. The van der Waals surface area contributed by atoms with Gasteiger partial charge >= 0.3 is 5.97 Å². The highest BCUT2D eigenvalue weighted by Gasteiger charge is 2.39. The summed E-state index contributed by atoms with van der Waals surface area (Å²) >= 11 is 0. The van der Waals surface area contributed by atoms with Gasteiger partial charge in [0.05, 0.1) is 6.42 Å². The van der Waals surface area contributed by atoms with E-state index in [1.807, 2.05) is 13.1 Å². The van der Waals surface area contributed by atoms with Gasteiger partial charge in [-0.05, 0) is 24.2 Å². The highest BCUT2D eigenvalue weighted by Crippen LogP contribution is 2.38. The van der Waals surface area contributed by atoms with Gasteiger partial charge in [0.1, 0.15) is 5.75 Å². The second-order valence-corrected chi connectivity index (χ2v) is 10.9. The molecule has 0 spiro atoms. The molecular weight excluding hydrogens is 263 g/mol. The van der Waals surface area contributed by atoms with E-state index < -0.39 is 20.1 Å². The van der Waals surface area contributed by atoms with Crippen molar-refractivity contribution in [2.45, 2.75) is 45.3 Å². The highest BCUT2D eigenvalue weighted by atomic mass is 28.4. The molecule has 0 saturated carbocycles. The molecule has 0 aliphatic heterocycles. The van der Waals surface area contributed by atoms with Crippen molar-refractivity contribution >= 4 is 14.3 Å². The Morgan fingerprint density at radius 1 is 1.37 bits per heavy atom. The van der Waals surface area contributed by atoms with Crippen LogP contribution in [0.15, 0.2) is 18.2 Å². The van der Waals surface area contributed by atoms with Crippen LogP contribution in [-0.2, 0) is 11.2 Å². The van der Waals surface area contributed by atoms with Crippen LogP contribution in [0.5, 0.6) is 5.75 Å². The number of halogens is 1. The molecule has 0 aliphatic carbocycles. The number of hydrogen-bond donors (Lipinski definition) is 1. The average molecular weight is 284 g/mol. The third kappa shape index (κ3) is 3.80. The third-order valence-electron chi connectivity index (χ3n) is 3.56. The molecule has 0 fully saturated rings. The largest absolute Gasteiger partial charge is 0.542 e. The first-order valence-corrected chi connectivity index (χ1v) is 9.13. The summed E-state index contributed by atoms with van der Waals surface area (Å²) in [5, 5.41) is 8.71. The van der Waals surface area contributed by atoms with Crippen molar-refractivity contribution in [2.24, 2.45) is 0 Å². The van der Waals surface area contributed by atoms with Crippen molar-refractivity contribution in [1.29, 1.82) is 0 Å². The minimum absolute atomic E-state index is 0.0394. The summed E-state index contributed by atoms with van der Waals surface area (Å²) in [5.41, 5.74) is 0.156. The summed E-state index contributed by atoms with van der Waals surface area (Å²) in [6.07, 6.45) is -0.333. The van der Waals surface area contributed by atoms with E-state index in [1.165, 1.54) is 6.07 Å². The van der Waals surface area contributed by atoms with Gasteiger partial charge in [-0.3, -0.25) is 4.79 Å². The fraction of sp³-hybridized carbons (Fsp3) is 0.500. The number of carboxylic acid groups (broad SMARTS) is 1. The molecule has 19 heavy (non-hydrogen) atoms. The number of hydrogen-bond acceptors (Lipinski definition) is 2. The average Bonchev–Trinajstić information content (AvgIpc) is 2.21. The van der Waals surface area contributed by atoms with E-state index in [0.717, 1.165) is 0 Å². The lowest BCUT2D eigenvalue weighted by atomic mass is 10.1. The summed E-state index contributed by atoms with van der Waals surface area (Å²) < 4.78 is 20.1. The van der Waals surface area contributed by atoms with Gasteiger partial charge in [-0.15, -0.1) is 0 Å². The lowest BCUT2D eigenvalue weighted by molar-refractivity contribution is -0.136. The van der Waals surface area contributed by atoms with Crippen LogP contribution in [0.3, 0.4) is 0 Å². The van der Waals surface area contributed by atoms with E-state index in [2.05, 4.69) is 20.8 Å². The standard InChI is InChI=1S/C14H21FO3Si/c1-14(2,3)19(4,5)18-11-8-6-7-10(13(11)15)9-12(16)17/h6-8H,9H2,1-5H3,(H,16,17). The zero-order chi connectivity index (χ0) is 14.8. The maximum absolute atomic E-state index is 14.2. The van der Waals surface area contributed by atoms with E-state index in [0.29, 0.717) is 0 Å². The zero-order valence-electron chi connectivity index (χ0n) is 12.1. The lowest BCUT2D eigenvalue weighted by Crippen LogP contribution is -2.44. The van der Waals surface area contributed by atoms with E-state index in [-0.39, 0.29) is 22.8 Å². The van der Waals surface area contributed by atoms with Gasteiger partial charge in [0.25, 0.3) is 8.32 Å². The number of carbonyl (C=O) groups is 1. The first-order valence-electron chi connectivity index (χ1n) is 6.23. The maximum Gasteiger partial charge on any atom is 0.307 e. The highest BCUT2D eigenvalue weighted by molar-refractivity contribution is 6.74. The molecule has 1 N–H and O–H groups in total. The molecule has 1 aromatic carbocycles.